The Hall–Kier alpha value is -3.43. The van der Waals surface area contributed by atoms with Crippen LogP contribution >= 0.6 is 0 Å². The van der Waals surface area contributed by atoms with Crippen LogP contribution in [0.15, 0.2) is 35.2 Å². The second-order valence-electron chi connectivity index (χ2n) is 9.08. The van der Waals surface area contributed by atoms with Crippen LogP contribution in [0.3, 0.4) is 0 Å². The van der Waals surface area contributed by atoms with Gasteiger partial charge in [0.05, 0.1) is 41.3 Å². The van der Waals surface area contributed by atoms with Crippen molar-refractivity contribution in [3.8, 4) is 23.6 Å². The minimum Gasteiger partial charge on any atom is -0.489 e. The van der Waals surface area contributed by atoms with Gasteiger partial charge in [0, 0.05) is 18.7 Å². The highest BCUT2D eigenvalue weighted by molar-refractivity contribution is 7.89. The molecule has 0 bridgehead atoms. The van der Waals surface area contributed by atoms with E-state index in [0.717, 1.165) is 12.1 Å². The van der Waals surface area contributed by atoms with Crippen molar-refractivity contribution in [2.24, 2.45) is 5.92 Å². The predicted octanol–water partition coefficient (Wildman–Crippen LogP) is 2.80. The number of ether oxygens (including phenoxy) is 2. The Morgan fingerprint density at radius 3 is 2.37 bits per heavy atom. The summed E-state index contributed by atoms with van der Waals surface area (Å²) in [6, 6.07) is 6.54. The molecular weight excluding hydrogens is 534 g/mol. The number of aliphatic hydroxyl groups is 2. The number of β-amino-alcohol motifs (C(OH)–C–C–N with tert-alkyl or cyclic N) is 1. The van der Waals surface area contributed by atoms with Gasteiger partial charge in [-0.1, -0.05) is 13.8 Å². The van der Waals surface area contributed by atoms with E-state index < -0.39 is 69.4 Å². The third-order valence-corrected chi connectivity index (χ3v) is 7.60. The second-order valence-corrected chi connectivity index (χ2v) is 11.0. The molecule has 1 fully saturated rings. The van der Waals surface area contributed by atoms with Gasteiger partial charge in [0.2, 0.25) is 10.0 Å². The van der Waals surface area contributed by atoms with Crippen molar-refractivity contribution in [1.82, 2.24) is 4.31 Å². The smallest absolute Gasteiger partial charge is 0.416 e. The standard InChI is InChI=1S/C24H23F4N3O6S/c1-14(2)11-36-19-6-15(8-29)18(25)7-20(19)37-22-10-31(12-23(22,33)13-32)38(34,35)21-4-3-17(24(26,27)28)5-16(21)9-30/h3-7,14,22,32-33H,10-13H2,1-2H3/t22-,23+/m0/s1. The average molecular weight is 558 g/mol. The lowest BCUT2D eigenvalue weighted by molar-refractivity contribution is -0.137. The van der Waals surface area contributed by atoms with E-state index in [9.17, 15) is 41.5 Å². The van der Waals surface area contributed by atoms with Crippen LogP contribution in [0, 0.1) is 34.4 Å². The number of alkyl halides is 3. The molecule has 1 aliphatic rings. The van der Waals surface area contributed by atoms with Gasteiger partial charge in [-0.15, -0.1) is 0 Å². The summed E-state index contributed by atoms with van der Waals surface area (Å²) >= 11 is 0. The maximum atomic E-state index is 14.4. The molecule has 38 heavy (non-hydrogen) atoms. The van der Waals surface area contributed by atoms with Crippen LogP contribution in [-0.4, -0.2) is 60.9 Å². The van der Waals surface area contributed by atoms with E-state index in [-0.39, 0.29) is 29.6 Å². The van der Waals surface area contributed by atoms with Crippen molar-refractivity contribution in [2.45, 2.75) is 36.6 Å². The van der Waals surface area contributed by atoms with Gasteiger partial charge >= 0.3 is 6.18 Å². The number of nitriles is 2. The third-order valence-electron chi connectivity index (χ3n) is 5.73. The van der Waals surface area contributed by atoms with Gasteiger partial charge in [-0.2, -0.15) is 28.0 Å². The highest BCUT2D eigenvalue weighted by atomic mass is 32.2. The van der Waals surface area contributed by atoms with Crippen LogP contribution in [-0.2, 0) is 16.2 Å². The minimum absolute atomic E-state index is 0.0259. The first-order valence-electron chi connectivity index (χ1n) is 11.1. The molecule has 0 radical (unpaired) electrons. The molecule has 0 spiro atoms. The average Bonchev–Trinajstić information content (AvgIpc) is 3.19. The molecule has 3 rings (SSSR count). The molecule has 2 N–H and O–H groups in total. The Morgan fingerprint density at radius 1 is 1.16 bits per heavy atom. The minimum atomic E-state index is -4.82. The van der Waals surface area contributed by atoms with Gasteiger partial charge in [-0.25, -0.2) is 12.8 Å². The van der Waals surface area contributed by atoms with E-state index >= 15 is 0 Å². The molecule has 0 amide bonds. The number of nitrogens with zero attached hydrogens (tertiary/aromatic N) is 3. The Labute approximate surface area is 216 Å². The Bertz CT molecular complexity index is 1400. The number of benzene rings is 2. The molecule has 0 unspecified atom stereocenters. The van der Waals surface area contributed by atoms with E-state index in [4.69, 9.17) is 14.7 Å². The molecule has 1 saturated heterocycles. The second kappa shape index (κ2) is 10.7. The molecule has 0 aliphatic carbocycles. The van der Waals surface area contributed by atoms with Crippen molar-refractivity contribution in [3.63, 3.8) is 0 Å². The molecule has 1 heterocycles. The first-order valence-corrected chi connectivity index (χ1v) is 12.6. The van der Waals surface area contributed by atoms with Crippen molar-refractivity contribution in [1.29, 1.82) is 10.5 Å². The van der Waals surface area contributed by atoms with Crippen molar-refractivity contribution in [3.05, 3.63) is 52.8 Å². The summed E-state index contributed by atoms with van der Waals surface area (Å²) in [5, 5.41) is 39.3. The fraction of sp³-hybridized carbons (Fsp3) is 0.417. The summed E-state index contributed by atoms with van der Waals surface area (Å²) in [4.78, 5) is -0.737. The SMILES string of the molecule is CC(C)COc1cc(C#N)c(F)cc1O[C@H]1CN(S(=O)(=O)c2ccc(C(F)(F)F)cc2C#N)C[C@@]1(O)CO. The molecule has 1 aliphatic heterocycles. The lowest BCUT2D eigenvalue weighted by atomic mass is 10.0. The van der Waals surface area contributed by atoms with Gasteiger partial charge in [0.25, 0.3) is 0 Å². The van der Waals surface area contributed by atoms with E-state index in [1.807, 2.05) is 13.8 Å². The zero-order valence-electron chi connectivity index (χ0n) is 20.2. The summed E-state index contributed by atoms with van der Waals surface area (Å²) in [5.74, 6) is -1.28. The van der Waals surface area contributed by atoms with Gasteiger partial charge in [0.1, 0.15) is 29.7 Å². The topological polar surface area (TPSA) is 144 Å². The fourth-order valence-corrected chi connectivity index (χ4v) is 5.33. The van der Waals surface area contributed by atoms with Crippen LogP contribution in [0.4, 0.5) is 17.6 Å². The highest BCUT2D eigenvalue weighted by Gasteiger charge is 2.51. The first-order chi connectivity index (χ1) is 17.7. The zero-order valence-corrected chi connectivity index (χ0v) is 21.0. The summed E-state index contributed by atoms with van der Waals surface area (Å²) in [7, 11) is -4.66. The number of hydrogen-bond donors (Lipinski definition) is 2. The predicted molar refractivity (Wildman–Crippen MR) is 123 cm³/mol. The molecule has 14 heteroatoms. The van der Waals surface area contributed by atoms with E-state index in [0.29, 0.717) is 22.5 Å². The van der Waals surface area contributed by atoms with Gasteiger partial charge in [0.15, 0.2) is 11.5 Å². The van der Waals surface area contributed by atoms with Crippen LogP contribution in [0.5, 0.6) is 11.5 Å². The summed E-state index contributed by atoms with van der Waals surface area (Å²) in [6.45, 7) is 1.45. The highest BCUT2D eigenvalue weighted by Crippen LogP contribution is 2.37. The monoisotopic (exact) mass is 557 g/mol. The summed E-state index contributed by atoms with van der Waals surface area (Å²) in [5.41, 5.74) is -4.56. The third kappa shape index (κ3) is 5.84. The van der Waals surface area contributed by atoms with Crippen LogP contribution in [0.1, 0.15) is 30.5 Å². The Kier molecular flexibility index (Phi) is 8.24. The summed E-state index contributed by atoms with van der Waals surface area (Å²) < 4.78 is 92.0. The lowest BCUT2D eigenvalue weighted by Crippen LogP contribution is -2.48. The van der Waals surface area contributed by atoms with Crippen molar-refractivity contribution in [2.75, 3.05) is 26.3 Å². The van der Waals surface area contributed by atoms with Gasteiger partial charge in [-0.3, -0.25) is 0 Å². The van der Waals surface area contributed by atoms with Crippen LogP contribution in [0.2, 0.25) is 0 Å². The number of aliphatic hydroxyl groups excluding tert-OH is 1. The van der Waals surface area contributed by atoms with Crippen molar-refractivity contribution < 1.29 is 45.7 Å². The molecular formula is C24H23F4N3O6S. The van der Waals surface area contributed by atoms with Crippen molar-refractivity contribution >= 4 is 10.0 Å². The lowest BCUT2D eigenvalue weighted by Gasteiger charge is -2.28. The zero-order chi connectivity index (χ0) is 28.5. The number of hydrogen-bond acceptors (Lipinski definition) is 8. The van der Waals surface area contributed by atoms with Crippen LogP contribution in [0.25, 0.3) is 0 Å². The molecule has 204 valence electrons. The molecule has 2 aromatic carbocycles. The number of sulfonamides is 1. The van der Waals surface area contributed by atoms with E-state index in [1.165, 1.54) is 6.07 Å². The maximum Gasteiger partial charge on any atom is 0.416 e. The molecule has 2 atom stereocenters. The number of rotatable bonds is 8. The molecule has 0 saturated carbocycles. The van der Waals surface area contributed by atoms with Crippen LogP contribution < -0.4 is 9.47 Å². The molecule has 0 aromatic heterocycles. The Morgan fingerprint density at radius 2 is 1.82 bits per heavy atom. The normalized spacial score (nSPS) is 20.2. The quantitative estimate of drug-likeness (QED) is 0.472. The van der Waals surface area contributed by atoms with E-state index in [2.05, 4.69) is 0 Å². The maximum absolute atomic E-state index is 14.4. The van der Waals surface area contributed by atoms with Gasteiger partial charge < -0.3 is 19.7 Å². The summed E-state index contributed by atoms with van der Waals surface area (Å²) in [6.07, 6.45) is -6.31. The molecule has 2 aromatic rings. The fourth-order valence-electron chi connectivity index (χ4n) is 3.70. The Balaban J connectivity index is 1.98. The molecule has 9 nitrogen and oxygen atoms in total. The largest absolute Gasteiger partial charge is 0.489 e. The first kappa shape index (κ1) is 29.1. The van der Waals surface area contributed by atoms with Gasteiger partial charge in [-0.05, 0) is 24.1 Å². The number of halogens is 4. The van der Waals surface area contributed by atoms with E-state index in [1.54, 1.807) is 6.07 Å².